The second-order valence-electron chi connectivity index (χ2n) is 5.40. The van der Waals surface area contributed by atoms with Crippen molar-refractivity contribution in [1.29, 1.82) is 0 Å². The van der Waals surface area contributed by atoms with Crippen molar-refractivity contribution >= 4 is 23.6 Å². The fraction of sp³-hybridized carbons (Fsp3) is 0.417. The lowest BCUT2D eigenvalue weighted by molar-refractivity contribution is 0.399. The molecule has 2 rings (SSSR count). The summed E-state index contributed by atoms with van der Waals surface area (Å²) in [7, 11) is -1.82. The molecule has 0 bridgehead atoms. The van der Waals surface area contributed by atoms with Crippen LogP contribution in [0.3, 0.4) is 0 Å². The molecule has 2 N–H and O–H groups in total. The Balaban J connectivity index is 2.78. The summed E-state index contributed by atoms with van der Waals surface area (Å²) < 4.78 is 15.7. The van der Waals surface area contributed by atoms with Crippen molar-refractivity contribution < 1.29 is 14.4 Å². The normalized spacial score (nSPS) is 12.2. The molecule has 0 aliphatic carbocycles. The minimum Gasteiger partial charge on any atom is -0.423 e. The number of hydrogen-bond donors (Lipinski definition) is 2. The number of fused-ring (bicyclic) bond motifs is 1. The minimum atomic E-state index is -1.82. The number of aromatic nitrogens is 2. The molecule has 0 saturated carbocycles. The van der Waals surface area contributed by atoms with E-state index in [1.165, 1.54) is 12.1 Å². The third kappa shape index (κ3) is 2.02. The van der Waals surface area contributed by atoms with Crippen molar-refractivity contribution in [2.75, 3.05) is 0 Å². The van der Waals surface area contributed by atoms with Gasteiger partial charge >= 0.3 is 7.12 Å². The summed E-state index contributed by atoms with van der Waals surface area (Å²) in [5.74, 6) is 0.129. The van der Waals surface area contributed by atoms with Crippen LogP contribution in [-0.2, 0) is 5.54 Å². The van der Waals surface area contributed by atoms with Crippen molar-refractivity contribution in [2.24, 2.45) is 0 Å². The van der Waals surface area contributed by atoms with E-state index in [0.29, 0.717) is 11.0 Å². The van der Waals surface area contributed by atoms with Crippen molar-refractivity contribution in [1.82, 2.24) is 9.55 Å². The Kier molecular flexibility index (Phi) is 2.95. The molecule has 0 fully saturated rings. The van der Waals surface area contributed by atoms with Crippen molar-refractivity contribution in [3.05, 3.63) is 23.8 Å². The summed E-state index contributed by atoms with van der Waals surface area (Å²) >= 11 is 0. The molecule has 0 saturated heterocycles. The minimum absolute atomic E-state index is 0.152. The van der Waals surface area contributed by atoms with E-state index in [1.54, 1.807) is 0 Å². The van der Waals surface area contributed by atoms with E-state index in [9.17, 15) is 4.39 Å². The third-order valence-electron chi connectivity index (χ3n) is 2.89. The lowest BCUT2D eigenvalue weighted by Gasteiger charge is -2.23. The summed E-state index contributed by atoms with van der Waals surface area (Å²) in [6, 6.07) is 2.68. The molecule has 2 aromatic rings. The lowest BCUT2D eigenvalue weighted by atomic mass is 9.79. The molecule has 1 aromatic carbocycles. The van der Waals surface area contributed by atoms with Gasteiger partial charge in [0.2, 0.25) is 0 Å². The smallest absolute Gasteiger partial charge is 0.423 e. The molecular formula is C12H16BFN2O2. The largest absolute Gasteiger partial charge is 0.491 e. The second-order valence-corrected chi connectivity index (χ2v) is 5.40. The van der Waals surface area contributed by atoms with Crippen LogP contribution in [0.25, 0.3) is 11.0 Å². The van der Waals surface area contributed by atoms with Crippen molar-refractivity contribution in [2.45, 2.75) is 33.2 Å². The van der Waals surface area contributed by atoms with Crippen LogP contribution in [0.1, 0.15) is 26.6 Å². The van der Waals surface area contributed by atoms with Crippen LogP contribution < -0.4 is 5.46 Å². The van der Waals surface area contributed by atoms with Crippen LogP contribution in [0.15, 0.2) is 12.1 Å². The lowest BCUT2D eigenvalue weighted by Crippen LogP contribution is -2.32. The van der Waals surface area contributed by atoms with Gasteiger partial charge in [-0.25, -0.2) is 9.37 Å². The monoisotopic (exact) mass is 250 g/mol. The molecule has 0 atom stereocenters. The van der Waals surface area contributed by atoms with E-state index < -0.39 is 12.9 Å². The van der Waals surface area contributed by atoms with Gasteiger partial charge in [-0.15, -0.1) is 0 Å². The van der Waals surface area contributed by atoms with Gasteiger partial charge in [0, 0.05) is 11.0 Å². The van der Waals surface area contributed by atoms with Gasteiger partial charge in [0.1, 0.15) is 11.6 Å². The van der Waals surface area contributed by atoms with E-state index in [1.807, 2.05) is 32.3 Å². The molecule has 1 heterocycles. The number of halogens is 1. The Hall–Kier alpha value is -1.40. The molecule has 0 radical (unpaired) electrons. The van der Waals surface area contributed by atoms with Gasteiger partial charge in [-0.1, -0.05) is 0 Å². The van der Waals surface area contributed by atoms with Crippen LogP contribution in [0, 0.1) is 12.7 Å². The Morgan fingerprint density at radius 1 is 1.28 bits per heavy atom. The molecule has 4 nitrogen and oxygen atoms in total. The Morgan fingerprint density at radius 2 is 1.89 bits per heavy atom. The zero-order valence-electron chi connectivity index (χ0n) is 10.9. The quantitative estimate of drug-likeness (QED) is 0.740. The van der Waals surface area contributed by atoms with Crippen molar-refractivity contribution in [3.8, 4) is 0 Å². The predicted octanol–water partition coefficient (Wildman–Crippen LogP) is 0.919. The van der Waals surface area contributed by atoms with Gasteiger partial charge < -0.3 is 14.6 Å². The average molecular weight is 250 g/mol. The highest BCUT2D eigenvalue weighted by Gasteiger charge is 2.23. The number of benzene rings is 1. The number of rotatable bonds is 1. The Labute approximate surface area is 105 Å². The maximum atomic E-state index is 13.8. The van der Waals surface area contributed by atoms with Crippen molar-refractivity contribution in [3.63, 3.8) is 0 Å². The first-order valence-corrected chi connectivity index (χ1v) is 5.77. The summed E-state index contributed by atoms with van der Waals surface area (Å²) in [6.45, 7) is 7.87. The van der Waals surface area contributed by atoms with Gasteiger partial charge in [-0.3, -0.25) is 0 Å². The molecule has 18 heavy (non-hydrogen) atoms. The Morgan fingerprint density at radius 3 is 2.39 bits per heavy atom. The van der Waals surface area contributed by atoms with Gasteiger partial charge in [0.15, 0.2) is 0 Å². The van der Waals surface area contributed by atoms with Gasteiger partial charge in [-0.2, -0.15) is 0 Å². The summed E-state index contributed by atoms with van der Waals surface area (Å²) in [5, 5.41) is 18.2. The molecule has 0 spiro atoms. The number of hydrogen-bond acceptors (Lipinski definition) is 3. The van der Waals surface area contributed by atoms with Crippen LogP contribution in [-0.4, -0.2) is 26.7 Å². The molecule has 0 aliphatic heterocycles. The highest BCUT2D eigenvalue weighted by Crippen LogP contribution is 2.24. The highest BCUT2D eigenvalue weighted by molar-refractivity contribution is 6.59. The maximum absolute atomic E-state index is 13.8. The predicted molar refractivity (Wildman–Crippen MR) is 69.2 cm³/mol. The zero-order valence-corrected chi connectivity index (χ0v) is 10.9. The van der Waals surface area contributed by atoms with E-state index in [4.69, 9.17) is 10.0 Å². The van der Waals surface area contributed by atoms with Crippen LogP contribution >= 0.6 is 0 Å². The van der Waals surface area contributed by atoms with Crippen LogP contribution in [0.4, 0.5) is 4.39 Å². The summed E-state index contributed by atoms with van der Waals surface area (Å²) in [5.41, 5.74) is 0.847. The van der Waals surface area contributed by atoms with Gasteiger partial charge in [-0.05, 0) is 39.8 Å². The SMILES string of the molecule is Cc1nc2cc(B(O)O)c(F)cc2n1C(C)(C)C. The van der Waals surface area contributed by atoms with E-state index in [-0.39, 0.29) is 11.0 Å². The summed E-state index contributed by atoms with van der Waals surface area (Å²) in [4.78, 5) is 4.34. The van der Waals surface area contributed by atoms with E-state index in [0.717, 1.165) is 5.82 Å². The number of aryl methyl sites for hydroxylation is 1. The topological polar surface area (TPSA) is 58.3 Å². The number of nitrogens with zero attached hydrogens (tertiary/aromatic N) is 2. The van der Waals surface area contributed by atoms with E-state index >= 15 is 0 Å². The first-order chi connectivity index (χ1) is 8.21. The first-order valence-electron chi connectivity index (χ1n) is 5.77. The standard InChI is InChI=1S/C12H16BFN2O2/c1-7-15-10-5-8(13(17)18)9(14)6-11(10)16(7)12(2,3)4/h5-6,17-18H,1-4H3. The summed E-state index contributed by atoms with van der Waals surface area (Å²) in [6.07, 6.45) is 0. The Bertz CT molecular complexity index is 602. The zero-order chi connectivity index (χ0) is 13.7. The molecular weight excluding hydrogens is 234 g/mol. The first kappa shape index (κ1) is 13.0. The highest BCUT2D eigenvalue weighted by atomic mass is 19.1. The van der Waals surface area contributed by atoms with Gasteiger partial charge in [0.05, 0.1) is 11.0 Å². The van der Waals surface area contributed by atoms with Crippen LogP contribution in [0.5, 0.6) is 0 Å². The molecule has 0 unspecified atom stereocenters. The fourth-order valence-corrected chi connectivity index (χ4v) is 2.28. The van der Waals surface area contributed by atoms with E-state index in [2.05, 4.69) is 4.98 Å². The third-order valence-corrected chi connectivity index (χ3v) is 2.89. The maximum Gasteiger partial charge on any atom is 0.491 e. The average Bonchev–Trinajstić information content (AvgIpc) is 2.50. The molecule has 0 aliphatic rings. The van der Waals surface area contributed by atoms with Gasteiger partial charge in [0.25, 0.3) is 0 Å². The number of imidazole rings is 1. The fourth-order valence-electron chi connectivity index (χ4n) is 2.28. The second kappa shape index (κ2) is 4.07. The molecule has 1 aromatic heterocycles. The van der Waals surface area contributed by atoms with Crippen LogP contribution in [0.2, 0.25) is 0 Å². The molecule has 0 amide bonds. The molecule has 6 heteroatoms. The molecule has 96 valence electrons.